The molecule has 0 aliphatic rings. The third kappa shape index (κ3) is 4.14. The van der Waals surface area contributed by atoms with Crippen LogP contribution in [0.25, 0.3) is 0 Å². The molecule has 0 saturated heterocycles. The molecule has 2 aromatic carbocycles. The van der Waals surface area contributed by atoms with Crippen molar-refractivity contribution in [3.05, 3.63) is 55.2 Å². The number of esters is 1. The van der Waals surface area contributed by atoms with Crippen LogP contribution < -0.4 is 4.74 Å². The van der Waals surface area contributed by atoms with Crippen molar-refractivity contribution in [3.63, 3.8) is 0 Å². The Hall–Kier alpha value is -0.720. The van der Waals surface area contributed by atoms with Crippen LogP contribution in [0, 0.1) is 7.14 Å². The van der Waals surface area contributed by atoms with Crippen molar-refractivity contribution in [2.75, 3.05) is 0 Å². The lowest BCUT2D eigenvalue weighted by molar-refractivity contribution is 0.0732. The zero-order valence-corrected chi connectivity index (χ0v) is 15.4. The van der Waals surface area contributed by atoms with Gasteiger partial charge in [0.1, 0.15) is 5.75 Å². The molecule has 0 aromatic heterocycles. The van der Waals surface area contributed by atoms with Gasteiger partial charge in [0.2, 0.25) is 0 Å². The standard InChI is InChI=1S/C13H8I2O5S/c14-10-2-1-3-11(15)12(10)13(16)20-8-4-6-9(7-5-8)21(17,18)19/h1-7H,(H,17,18,19). The van der Waals surface area contributed by atoms with Gasteiger partial charge in [0, 0.05) is 7.14 Å². The van der Waals surface area contributed by atoms with E-state index in [2.05, 4.69) is 0 Å². The molecule has 2 aromatic rings. The molecule has 0 radical (unpaired) electrons. The van der Waals surface area contributed by atoms with Gasteiger partial charge in [-0.1, -0.05) is 6.07 Å². The molecule has 0 spiro atoms. The molecular weight excluding hydrogens is 522 g/mol. The zero-order valence-electron chi connectivity index (χ0n) is 10.3. The van der Waals surface area contributed by atoms with Crippen LogP contribution in [-0.2, 0) is 10.1 Å². The summed E-state index contributed by atoms with van der Waals surface area (Å²) in [4.78, 5) is 11.9. The lowest BCUT2D eigenvalue weighted by Crippen LogP contribution is -2.12. The highest BCUT2D eigenvalue weighted by molar-refractivity contribution is 14.1. The Morgan fingerprint density at radius 1 is 1.00 bits per heavy atom. The second-order valence-electron chi connectivity index (χ2n) is 3.93. The van der Waals surface area contributed by atoms with Gasteiger partial charge in [0.25, 0.3) is 10.1 Å². The van der Waals surface area contributed by atoms with Crippen molar-refractivity contribution in [2.45, 2.75) is 4.90 Å². The third-order valence-electron chi connectivity index (χ3n) is 2.50. The number of hydrogen-bond donors (Lipinski definition) is 1. The number of hydrogen-bond acceptors (Lipinski definition) is 4. The minimum atomic E-state index is -4.26. The largest absolute Gasteiger partial charge is 0.423 e. The molecule has 0 atom stereocenters. The Kier molecular flexibility index (Phi) is 5.22. The van der Waals surface area contributed by atoms with Crippen molar-refractivity contribution >= 4 is 61.3 Å². The number of carbonyl (C=O) groups is 1. The molecule has 0 saturated carbocycles. The second kappa shape index (κ2) is 6.58. The van der Waals surface area contributed by atoms with Crippen LogP contribution >= 0.6 is 45.2 Å². The summed E-state index contributed by atoms with van der Waals surface area (Å²) in [5, 5.41) is 0. The first-order chi connectivity index (χ1) is 9.79. The first-order valence-corrected chi connectivity index (χ1v) is 9.12. The first kappa shape index (κ1) is 16.6. The molecule has 0 fully saturated rings. The molecule has 0 amide bonds. The molecule has 1 N–H and O–H groups in total. The Morgan fingerprint density at radius 3 is 2.00 bits per heavy atom. The maximum absolute atomic E-state index is 12.1. The van der Waals surface area contributed by atoms with Gasteiger partial charge in [-0.25, -0.2) is 4.79 Å². The van der Waals surface area contributed by atoms with Gasteiger partial charge in [0.15, 0.2) is 0 Å². The topological polar surface area (TPSA) is 80.7 Å². The van der Waals surface area contributed by atoms with Crippen molar-refractivity contribution in [1.82, 2.24) is 0 Å². The number of carbonyl (C=O) groups excluding carboxylic acids is 1. The molecule has 0 aliphatic heterocycles. The van der Waals surface area contributed by atoms with Gasteiger partial charge in [-0.3, -0.25) is 4.55 Å². The van der Waals surface area contributed by atoms with E-state index in [0.717, 1.165) is 7.14 Å². The van der Waals surface area contributed by atoms with E-state index in [9.17, 15) is 13.2 Å². The molecule has 8 heteroatoms. The lowest BCUT2D eigenvalue weighted by Gasteiger charge is -2.08. The monoisotopic (exact) mass is 530 g/mol. The van der Waals surface area contributed by atoms with E-state index in [-0.39, 0.29) is 10.6 Å². The van der Waals surface area contributed by atoms with Crippen LogP contribution in [0.2, 0.25) is 0 Å². The summed E-state index contributed by atoms with van der Waals surface area (Å²) in [6, 6.07) is 10.4. The third-order valence-corrected chi connectivity index (χ3v) is 5.16. The number of rotatable bonds is 3. The van der Waals surface area contributed by atoms with Gasteiger partial charge in [0.05, 0.1) is 10.5 Å². The molecule has 0 aliphatic carbocycles. The highest BCUT2D eigenvalue weighted by Gasteiger charge is 2.16. The van der Waals surface area contributed by atoms with Crippen LogP contribution in [0.5, 0.6) is 5.75 Å². The quantitative estimate of drug-likeness (QED) is 0.285. The van der Waals surface area contributed by atoms with Crippen molar-refractivity contribution in [3.8, 4) is 5.75 Å². The maximum atomic E-state index is 12.1. The van der Waals surface area contributed by atoms with Crippen LogP contribution in [0.1, 0.15) is 10.4 Å². The van der Waals surface area contributed by atoms with E-state index in [1.807, 2.05) is 51.2 Å². The van der Waals surface area contributed by atoms with Crippen molar-refractivity contribution in [2.24, 2.45) is 0 Å². The van der Waals surface area contributed by atoms with Crippen molar-refractivity contribution in [1.29, 1.82) is 0 Å². The van der Waals surface area contributed by atoms with E-state index >= 15 is 0 Å². The predicted molar refractivity (Wildman–Crippen MR) is 93.1 cm³/mol. The SMILES string of the molecule is O=C(Oc1ccc(S(=O)(=O)O)cc1)c1c(I)cccc1I. The van der Waals surface area contributed by atoms with Crippen LogP contribution in [-0.4, -0.2) is 18.9 Å². The Bertz CT molecular complexity index is 764. The summed E-state index contributed by atoms with van der Waals surface area (Å²) < 4.78 is 37.5. The average Bonchev–Trinajstić information content (AvgIpc) is 2.38. The fourth-order valence-electron chi connectivity index (χ4n) is 1.53. The van der Waals surface area contributed by atoms with Crippen LogP contribution in [0.4, 0.5) is 0 Å². The Labute approximate surface area is 148 Å². The normalized spacial score (nSPS) is 11.2. The summed E-state index contributed by atoms with van der Waals surface area (Å²) in [5.74, 6) is -0.327. The van der Waals surface area contributed by atoms with Gasteiger partial charge < -0.3 is 4.74 Å². The lowest BCUT2D eigenvalue weighted by atomic mass is 10.2. The summed E-state index contributed by atoms with van der Waals surface area (Å²) >= 11 is 4.08. The fourth-order valence-corrected chi connectivity index (χ4v) is 3.96. The summed E-state index contributed by atoms with van der Waals surface area (Å²) in [5.41, 5.74) is 0.456. The highest BCUT2D eigenvalue weighted by atomic mass is 127. The molecule has 2 rings (SSSR count). The fraction of sp³-hybridized carbons (Fsp3) is 0. The van der Waals surface area contributed by atoms with Gasteiger partial charge >= 0.3 is 5.97 Å². The first-order valence-electron chi connectivity index (χ1n) is 5.53. The molecular formula is C13H8I2O5S. The van der Waals surface area contributed by atoms with Gasteiger partial charge in [-0.05, 0) is 81.6 Å². The number of halogens is 2. The molecule has 0 unspecified atom stereocenters. The molecule has 21 heavy (non-hydrogen) atoms. The zero-order chi connectivity index (χ0) is 15.6. The number of ether oxygens (including phenoxy) is 1. The minimum Gasteiger partial charge on any atom is -0.423 e. The smallest absolute Gasteiger partial charge is 0.345 e. The summed E-state index contributed by atoms with van der Waals surface area (Å²) in [7, 11) is -4.26. The van der Waals surface area contributed by atoms with Gasteiger partial charge in [-0.15, -0.1) is 0 Å². The van der Waals surface area contributed by atoms with E-state index in [1.165, 1.54) is 24.3 Å². The van der Waals surface area contributed by atoms with E-state index in [1.54, 1.807) is 12.1 Å². The Morgan fingerprint density at radius 2 is 1.52 bits per heavy atom. The average molecular weight is 530 g/mol. The Balaban J connectivity index is 2.24. The van der Waals surface area contributed by atoms with Gasteiger partial charge in [-0.2, -0.15) is 8.42 Å². The molecule has 0 heterocycles. The van der Waals surface area contributed by atoms with Crippen LogP contribution in [0.3, 0.4) is 0 Å². The molecule has 110 valence electrons. The summed E-state index contributed by atoms with van der Waals surface area (Å²) in [6.45, 7) is 0. The minimum absolute atomic E-state index is 0.197. The highest BCUT2D eigenvalue weighted by Crippen LogP contribution is 2.22. The number of benzene rings is 2. The second-order valence-corrected chi connectivity index (χ2v) is 7.68. The summed E-state index contributed by atoms with van der Waals surface area (Å²) in [6.07, 6.45) is 0. The van der Waals surface area contributed by atoms with E-state index in [4.69, 9.17) is 9.29 Å². The van der Waals surface area contributed by atoms with Crippen molar-refractivity contribution < 1.29 is 22.5 Å². The van der Waals surface area contributed by atoms with E-state index < -0.39 is 16.1 Å². The molecule has 0 bridgehead atoms. The molecule has 5 nitrogen and oxygen atoms in total. The van der Waals surface area contributed by atoms with Crippen LogP contribution in [0.15, 0.2) is 47.4 Å². The predicted octanol–water partition coefficient (Wildman–Crippen LogP) is 3.36. The van der Waals surface area contributed by atoms with E-state index in [0.29, 0.717) is 5.56 Å². The maximum Gasteiger partial charge on any atom is 0.345 e.